The molecule has 3 heterocycles. The largest absolute Gasteiger partial charge is 0.354 e. The molecule has 0 amide bonds. The van der Waals surface area contributed by atoms with Gasteiger partial charge in [0.2, 0.25) is 5.95 Å². The molecule has 112 valence electrons. The van der Waals surface area contributed by atoms with Crippen molar-refractivity contribution in [3.05, 3.63) is 33.1 Å². The predicted octanol–water partition coefficient (Wildman–Crippen LogP) is 4.14. The highest BCUT2D eigenvalue weighted by Gasteiger charge is 2.27. The molecule has 0 bridgehead atoms. The van der Waals surface area contributed by atoms with Crippen LogP contribution in [0, 0.1) is 0 Å². The molecule has 0 fully saturated rings. The topological polar surface area (TPSA) is 41.1 Å². The maximum absolute atomic E-state index is 6.34. The van der Waals surface area contributed by atoms with E-state index >= 15 is 0 Å². The van der Waals surface area contributed by atoms with Gasteiger partial charge in [0.1, 0.15) is 5.02 Å². The quantitative estimate of drug-likeness (QED) is 0.918. The molecule has 3 rings (SSSR count). The van der Waals surface area contributed by atoms with Gasteiger partial charge >= 0.3 is 0 Å². The van der Waals surface area contributed by atoms with Gasteiger partial charge in [-0.05, 0) is 36.8 Å². The van der Waals surface area contributed by atoms with Crippen LogP contribution in [0.5, 0.6) is 0 Å². The number of rotatable bonds is 4. The molecule has 6 heteroatoms. The number of anilines is 2. The van der Waals surface area contributed by atoms with Gasteiger partial charge in [-0.2, -0.15) is 4.98 Å². The number of hydrogen-bond donors (Lipinski definition) is 1. The zero-order chi connectivity index (χ0) is 14.8. The third-order valence-corrected chi connectivity index (χ3v) is 5.07. The van der Waals surface area contributed by atoms with Crippen molar-refractivity contribution in [2.75, 3.05) is 23.3 Å². The number of fused-ring (bicyclic) bond motifs is 1. The molecule has 0 aromatic carbocycles. The maximum Gasteiger partial charge on any atom is 0.224 e. The zero-order valence-corrected chi connectivity index (χ0v) is 13.8. The van der Waals surface area contributed by atoms with Crippen LogP contribution in [0.3, 0.4) is 0 Å². The molecule has 0 spiro atoms. The van der Waals surface area contributed by atoms with Crippen molar-refractivity contribution in [2.24, 2.45) is 0 Å². The van der Waals surface area contributed by atoms with Crippen LogP contribution in [0.1, 0.15) is 36.8 Å². The number of aromatic nitrogens is 2. The SMILES string of the molecule is CCCNc1ncc(Cl)c(N2CCc3sccc3C2C)n1. The van der Waals surface area contributed by atoms with Crippen molar-refractivity contribution in [1.29, 1.82) is 0 Å². The third-order valence-electron chi connectivity index (χ3n) is 3.81. The number of nitrogens with zero attached hydrogens (tertiary/aromatic N) is 3. The molecular formula is C15H19ClN4S. The van der Waals surface area contributed by atoms with Crippen LogP contribution in [-0.4, -0.2) is 23.1 Å². The second-order valence-electron chi connectivity index (χ2n) is 5.21. The summed E-state index contributed by atoms with van der Waals surface area (Å²) < 4.78 is 0. The Labute approximate surface area is 134 Å². The van der Waals surface area contributed by atoms with Crippen molar-refractivity contribution >= 4 is 34.7 Å². The van der Waals surface area contributed by atoms with Gasteiger partial charge in [0.15, 0.2) is 5.82 Å². The van der Waals surface area contributed by atoms with Crippen molar-refractivity contribution in [3.63, 3.8) is 0 Å². The number of hydrogen-bond acceptors (Lipinski definition) is 5. The second-order valence-corrected chi connectivity index (χ2v) is 6.62. The number of thiophene rings is 1. The summed E-state index contributed by atoms with van der Waals surface area (Å²) >= 11 is 8.18. The van der Waals surface area contributed by atoms with Crippen molar-refractivity contribution in [3.8, 4) is 0 Å². The van der Waals surface area contributed by atoms with Crippen molar-refractivity contribution < 1.29 is 0 Å². The molecule has 4 nitrogen and oxygen atoms in total. The monoisotopic (exact) mass is 322 g/mol. The van der Waals surface area contributed by atoms with E-state index in [9.17, 15) is 0 Å². The Balaban J connectivity index is 1.90. The first-order valence-electron chi connectivity index (χ1n) is 7.30. The Bertz CT molecular complexity index is 628. The summed E-state index contributed by atoms with van der Waals surface area (Å²) in [4.78, 5) is 12.6. The smallest absolute Gasteiger partial charge is 0.224 e. The van der Waals surface area contributed by atoms with Gasteiger partial charge in [0.25, 0.3) is 0 Å². The van der Waals surface area contributed by atoms with Crippen molar-refractivity contribution in [1.82, 2.24) is 9.97 Å². The molecule has 2 aromatic rings. The average molecular weight is 323 g/mol. The summed E-state index contributed by atoms with van der Waals surface area (Å²) in [7, 11) is 0. The van der Waals surface area contributed by atoms with Crippen LogP contribution in [-0.2, 0) is 6.42 Å². The highest BCUT2D eigenvalue weighted by Crippen LogP contribution is 2.37. The van der Waals surface area contributed by atoms with Gasteiger partial charge in [-0.1, -0.05) is 18.5 Å². The lowest BCUT2D eigenvalue weighted by Gasteiger charge is -2.35. The lowest BCUT2D eigenvalue weighted by atomic mass is 10.0. The fraction of sp³-hybridized carbons (Fsp3) is 0.467. The summed E-state index contributed by atoms with van der Waals surface area (Å²) in [6, 6.07) is 2.51. The number of halogens is 1. The highest BCUT2D eigenvalue weighted by molar-refractivity contribution is 7.10. The Kier molecular flexibility index (Phi) is 4.31. The van der Waals surface area contributed by atoms with Gasteiger partial charge in [-0.3, -0.25) is 0 Å². The van der Waals surface area contributed by atoms with E-state index in [2.05, 4.69) is 45.5 Å². The van der Waals surface area contributed by atoms with Gasteiger partial charge in [0, 0.05) is 18.0 Å². The van der Waals surface area contributed by atoms with E-state index in [1.165, 1.54) is 10.4 Å². The predicted molar refractivity (Wildman–Crippen MR) is 89.6 cm³/mol. The molecule has 1 aliphatic heterocycles. The van der Waals surface area contributed by atoms with E-state index < -0.39 is 0 Å². The second kappa shape index (κ2) is 6.20. The Morgan fingerprint density at radius 1 is 1.52 bits per heavy atom. The Morgan fingerprint density at radius 3 is 3.19 bits per heavy atom. The van der Waals surface area contributed by atoms with E-state index in [-0.39, 0.29) is 0 Å². The molecule has 1 unspecified atom stereocenters. The van der Waals surface area contributed by atoms with Crippen LogP contribution in [0.15, 0.2) is 17.6 Å². The molecule has 0 saturated carbocycles. The van der Waals surface area contributed by atoms with Crippen LogP contribution in [0.25, 0.3) is 0 Å². The van der Waals surface area contributed by atoms with Gasteiger partial charge in [0.05, 0.1) is 12.2 Å². The van der Waals surface area contributed by atoms with E-state index in [4.69, 9.17) is 11.6 Å². The third kappa shape index (κ3) is 2.85. The molecule has 0 aliphatic carbocycles. The summed E-state index contributed by atoms with van der Waals surface area (Å²) in [6.45, 7) is 6.14. The molecule has 0 radical (unpaired) electrons. The minimum Gasteiger partial charge on any atom is -0.354 e. The molecule has 2 aromatic heterocycles. The van der Waals surface area contributed by atoms with Gasteiger partial charge in [-0.15, -0.1) is 11.3 Å². The van der Waals surface area contributed by atoms with E-state index in [1.54, 1.807) is 6.20 Å². The molecule has 0 saturated heterocycles. The maximum atomic E-state index is 6.34. The van der Waals surface area contributed by atoms with Crippen LogP contribution in [0.2, 0.25) is 5.02 Å². The van der Waals surface area contributed by atoms with Gasteiger partial charge in [-0.25, -0.2) is 4.98 Å². The van der Waals surface area contributed by atoms with Crippen LogP contribution in [0.4, 0.5) is 11.8 Å². The summed E-state index contributed by atoms with van der Waals surface area (Å²) in [5, 5.41) is 6.01. The number of nitrogens with one attached hydrogen (secondary N) is 1. The Hall–Kier alpha value is -1.33. The van der Waals surface area contributed by atoms with Crippen LogP contribution >= 0.6 is 22.9 Å². The lowest BCUT2D eigenvalue weighted by Crippen LogP contribution is -2.34. The van der Waals surface area contributed by atoms with Gasteiger partial charge < -0.3 is 10.2 Å². The first-order valence-corrected chi connectivity index (χ1v) is 8.55. The van der Waals surface area contributed by atoms with E-state index in [0.29, 0.717) is 17.0 Å². The first kappa shape index (κ1) is 14.6. The molecule has 1 atom stereocenters. The Morgan fingerprint density at radius 2 is 2.38 bits per heavy atom. The summed E-state index contributed by atoms with van der Waals surface area (Å²) in [6.07, 6.45) is 3.78. The standard InChI is InChI=1S/C15H19ClN4S/c1-3-6-17-15-18-9-12(16)14(19-15)20-7-4-13-11(10(20)2)5-8-21-13/h5,8-10H,3-4,6-7H2,1-2H3,(H,17,18,19). The highest BCUT2D eigenvalue weighted by atomic mass is 35.5. The fourth-order valence-corrected chi connectivity index (χ4v) is 3.84. The minimum atomic E-state index is 0.298. The summed E-state index contributed by atoms with van der Waals surface area (Å²) in [5.74, 6) is 1.48. The lowest BCUT2D eigenvalue weighted by molar-refractivity contribution is 0.624. The molecular weight excluding hydrogens is 304 g/mol. The molecule has 21 heavy (non-hydrogen) atoms. The first-order chi connectivity index (χ1) is 10.2. The molecule has 1 aliphatic rings. The zero-order valence-electron chi connectivity index (χ0n) is 12.3. The average Bonchev–Trinajstić information content (AvgIpc) is 2.97. The molecule has 1 N–H and O–H groups in total. The van der Waals surface area contributed by atoms with E-state index in [0.717, 1.165) is 31.7 Å². The fourth-order valence-electron chi connectivity index (χ4n) is 2.68. The van der Waals surface area contributed by atoms with Crippen LogP contribution < -0.4 is 10.2 Å². The normalized spacial score (nSPS) is 17.7. The van der Waals surface area contributed by atoms with Crippen molar-refractivity contribution in [2.45, 2.75) is 32.7 Å². The van der Waals surface area contributed by atoms with E-state index in [1.807, 2.05) is 11.3 Å². The summed E-state index contributed by atoms with van der Waals surface area (Å²) in [5.41, 5.74) is 1.39. The minimum absolute atomic E-state index is 0.298.